The maximum absolute atomic E-state index is 6.37. The number of nitrogens with one attached hydrogen (secondary N) is 1. The second-order valence-corrected chi connectivity index (χ2v) is 5.94. The molecule has 0 unspecified atom stereocenters. The predicted molar refractivity (Wildman–Crippen MR) is 74.0 cm³/mol. The summed E-state index contributed by atoms with van der Waals surface area (Å²) in [5.41, 5.74) is 2.58. The molecule has 0 spiro atoms. The van der Waals surface area contributed by atoms with Crippen LogP contribution in [0.3, 0.4) is 0 Å². The van der Waals surface area contributed by atoms with Crippen molar-refractivity contribution in [2.24, 2.45) is 11.8 Å². The first kappa shape index (κ1) is 12.0. The molecule has 1 aromatic carbocycles. The van der Waals surface area contributed by atoms with E-state index in [4.69, 9.17) is 4.74 Å². The van der Waals surface area contributed by atoms with Gasteiger partial charge in [0.15, 0.2) is 0 Å². The van der Waals surface area contributed by atoms with Crippen molar-refractivity contribution in [2.45, 2.75) is 39.2 Å². The summed E-state index contributed by atoms with van der Waals surface area (Å²) in [5, 5.41) is 3.46. The standard InChI is InChI=1S/C16H23NO/c1-11-3-6-15(12(2)9-11)18-16(13-4-5-13)14-7-8-17-10-14/h3,6,9,13-14,16-17H,4-5,7-8,10H2,1-2H3/t14-,16-/m0/s1. The van der Waals surface area contributed by atoms with Gasteiger partial charge in [0.2, 0.25) is 0 Å². The van der Waals surface area contributed by atoms with Crippen molar-refractivity contribution in [3.63, 3.8) is 0 Å². The minimum absolute atomic E-state index is 0.432. The van der Waals surface area contributed by atoms with Gasteiger partial charge in [-0.15, -0.1) is 0 Å². The largest absolute Gasteiger partial charge is 0.490 e. The second-order valence-electron chi connectivity index (χ2n) is 5.94. The normalized spacial score (nSPS) is 25.1. The fourth-order valence-electron chi connectivity index (χ4n) is 3.04. The van der Waals surface area contributed by atoms with E-state index in [-0.39, 0.29) is 0 Å². The van der Waals surface area contributed by atoms with E-state index in [1.54, 1.807) is 0 Å². The average molecular weight is 245 g/mol. The molecule has 1 saturated carbocycles. The van der Waals surface area contributed by atoms with Crippen LogP contribution >= 0.6 is 0 Å². The Morgan fingerprint density at radius 3 is 2.61 bits per heavy atom. The number of aryl methyl sites for hydroxylation is 2. The third-order valence-corrected chi connectivity index (χ3v) is 4.24. The monoisotopic (exact) mass is 245 g/mol. The van der Waals surface area contributed by atoms with Crippen LogP contribution in [0, 0.1) is 25.7 Å². The van der Waals surface area contributed by atoms with Gasteiger partial charge in [0, 0.05) is 12.5 Å². The molecule has 2 heteroatoms. The molecule has 1 aliphatic carbocycles. The van der Waals surface area contributed by atoms with E-state index < -0.39 is 0 Å². The first-order valence-corrected chi connectivity index (χ1v) is 7.18. The molecule has 2 atom stereocenters. The fraction of sp³-hybridized carbons (Fsp3) is 0.625. The third kappa shape index (κ3) is 2.54. The summed E-state index contributed by atoms with van der Waals surface area (Å²) in [6.45, 7) is 6.57. The van der Waals surface area contributed by atoms with Crippen molar-refractivity contribution in [1.82, 2.24) is 5.32 Å². The predicted octanol–water partition coefficient (Wildman–Crippen LogP) is 3.07. The summed E-state index contributed by atoms with van der Waals surface area (Å²) in [6, 6.07) is 6.51. The van der Waals surface area contributed by atoms with Crippen molar-refractivity contribution in [2.75, 3.05) is 13.1 Å². The van der Waals surface area contributed by atoms with Gasteiger partial charge in [0.05, 0.1) is 0 Å². The van der Waals surface area contributed by atoms with E-state index >= 15 is 0 Å². The lowest BCUT2D eigenvalue weighted by Crippen LogP contribution is -2.31. The molecule has 0 radical (unpaired) electrons. The summed E-state index contributed by atoms with van der Waals surface area (Å²) in [5.74, 6) is 2.60. The molecule has 1 aliphatic heterocycles. The van der Waals surface area contributed by atoms with Gasteiger partial charge in [-0.3, -0.25) is 0 Å². The van der Waals surface area contributed by atoms with Gasteiger partial charge in [-0.05, 0) is 57.2 Å². The molecule has 18 heavy (non-hydrogen) atoms. The topological polar surface area (TPSA) is 21.3 Å². The Bertz CT molecular complexity index is 419. The molecule has 0 amide bonds. The summed E-state index contributed by atoms with van der Waals surface area (Å²) in [7, 11) is 0. The van der Waals surface area contributed by atoms with Crippen molar-refractivity contribution < 1.29 is 4.74 Å². The van der Waals surface area contributed by atoms with Crippen molar-refractivity contribution in [3.05, 3.63) is 29.3 Å². The highest BCUT2D eigenvalue weighted by Crippen LogP contribution is 2.40. The van der Waals surface area contributed by atoms with Crippen LogP contribution in [0.25, 0.3) is 0 Å². The minimum Gasteiger partial charge on any atom is -0.490 e. The highest BCUT2D eigenvalue weighted by atomic mass is 16.5. The molecule has 1 saturated heterocycles. The lowest BCUT2D eigenvalue weighted by atomic mass is 9.97. The van der Waals surface area contributed by atoms with Crippen molar-refractivity contribution in [3.8, 4) is 5.75 Å². The molecular weight excluding hydrogens is 222 g/mol. The lowest BCUT2D eigenvalue weighted by molar-refractivity contribution is 0.120. The van der Waals surface area contributed by atoms with Crippen LogP contribution in [-0.4, -0.2) is 19.2 Å². The molecule has 2 nitrogen and oxygen atoms in total. The molecular formula is C16H23NO. The highest BCUT2D eigenvalue weighted by molar-refractivity contribution is 5.36. The number of benzene rings is 1. The van der Waals surface area contributed by atoms with Crippen molar-refractivity contribution in [1.29, 1.82) is 0 Å². The zero-order valence-electron chi connectivity index (χ0n) is 11.4. The van der Waals surface area contributed by atoms with Gasteiger partial charge < -0.3 is 10.1 Å². The Kier molecular flexibility index (Phi) is 3.29. The van der Waals surface area contributed by atoms with Crippen LogP contribution in [0.15, 0.2) is 18.2 Å². The first-order valence-electron chi connectivity index (χ1n) is 7.18. The molecule has 0 aromatic heterocycles. The van der Waals surface area contributed by atoms with Gasteiger partial charge in [-0.1, -0.05) is 17.7 Å². The SMILES string of the molecule is Cc1ccc(O[C@@H](C2CC2)[C@H]2CCNC2)c(C)c1. The fourth-order valence-corrected chi connectivity index (χ4v) is 3.04. The molecule has 98 valence electrons. The first-order chi connectivity index (χ1) is 8.74. The van der Waals surface area contributed by atoms with E-state index in [1.165, 1.54) is 30.4 Å². The van der Waals surface area contributed by atoms with Crippen molar-refractivity contribution >= 4 is 0 Å². The maximum atomic E-state index is 6.37. The Hall–Kier alpha value is -1.02. The number of hydrogen-bond acceptors (Lipinski definition) is 2. The lowest BCUT2D eigenvalue weighted by Gasteiger charge is -2.25. The Balaban J connectivity index is 1.75. The Morgan fingerprint density at radius 2 is 2.00 bits per heavy atom. The summed E-state index contributed by atoms with van der Waals surface area (Å²) < 4.78 is 6.37. The van der Waals surface area contributed by atoms with E-state index in [2.05, 4.69) is 37.4 Å². The van der Waals surface area contributed by atoms with Crippen LogP contribution in [0.5, 0.6) is 5.75 Å². The van der Waals surface area contributed by atoms with Gasteiger partial charge >= 0.3 is 0 Å². The minimum atomic E-state index is 0.432. The van der Waals surface area contributed by atoms with Crippen LogP contribution in [-0.2, 0) is 0 Å². The zero-order valence-corrected chi connectivity index (χ0v) is 11.4. The smallest absolute Gasteiger partial charge is 0.122 e. The van der Waals surface area contributed by atoms with Gasteiger partial charge in [0.1, 0.15) is 11.9 Å². The van der Waals surface area contributed by atoms with Gasteiger partial charge in [0.25, 0.3) is 0 Å². The Morgan fingerprint density at radius 1 is 1.17 bits per heavy atom. The second kappa shape index (κ2) is 4.93. The number of rotatable bonds is 4. The van der Waals surface area contributed by atoms with Gasteiger partial charge in [-0.25, -0.2) is 0 Å². The van der Waals surface area contributed by atoms with E-state index in [9.17, 15) is 0 Å². The van der Waals surface area contributed by atoms with E-state index in [0.717, 1.165) is 24.8 Å². The van der Waals surface area contributed by atoms with Crippen LogP contribution in [0.1, 0.15) is 30.4 Å². The molecule has 1 heterocycles. The van der Waals surface area contributed by atoms with E-state index in [0.29, 0.717) is 12.0 Å². The van der Waals surface area contributed by atoms with Crippen LogP contribution in [0.4, 0.5) is 0 Å². The van der Waals surface area contributed by atoms with E-state index in [1.807, 2.05) is 0 Å². The van der Waals surface area contributed by atoms with Crippen LogP contribution < -0.4 is 10.1 Å². The number of ether oxygens (including phenoxy) is 1. The highest BCUT2D eigenvalue weighted by Gasteiger charge is 2.39. The van der Waals surface area contributed by atoms with Crippen LogP contribution in [0.2, 0.25) is 0 Å². The maximum Gasteiger partial charge on any atom is 0.122 e. The summed E-state index contributed by atoms with van der Waals surface area (Å²) in [6.07, 6.45) is 4.41. The summed E-state index contributed by atoms with van der Waals surface area (Å²) in [4.78, 5) is 0. The van der Waals surface area contributed by atoms with Gasteiger partial charge in [-0.2, -0.15) is 0 Å². The molecule has 1 N–H and O–H groups in total. The number of hydrogen-bond donors (Lipinski definition) is 1. The zero-order chi connectivity index (χ0) is 12.5. The molecule has 0 bridgehead atoms. The molecule has 3 rings (SSSR count). The molecule has 2 fully saturated rings. The average Bonchev–Trinajstić information content (AvgIpc) is 3.03. The molecule has 2 aliphatic rings. The molecule has 1 aromatic rings. The Labute approximate surface area is 110 Å². The summed E-state index contributed by atoms with van der Waals surface area (Å²) >= 11 is 0. The third-order valence-electron chi connectivity index (χ3n) is 4.24. The quantitative estimate of drug-likeness (QED) is 0.880.